The van der Waals surface area contributed by atoms with Crippen LogP contribution in [0.15, 0.2) is 22.5 Å². The van der Waals surface area contributed by atoms with Crippen LogP contribution in [0.1, 0.15) is 12.6 Å². The molecule has 0 saturated carbocycles. The lowest BCUT2D eigenvalue weighted by Gasteiger charge is -2.14. The molecule has 0 spiro atoms. The van der Waals surface area contributed by atoms with E-state index in [0.717, 1.165) is 0 Å². The van der Waals surface area contributed by atoms with Gasteiger partial charge < -0.3 is 20.7 Å². The van der Waals surface area contributed by atoms with E-state index in [2.05, 4.69) is 9.97 Å². The van der Waals surface area contributed by atoms with E-state index in [9.17, 15) is 9.90 Å². The van der Waals surface area contributed by atoms with E-state index >= 15 is 0 Å². The zero-order valence-corrected chi connectivity index (χ0v) is 12.3. The van der Waals surface area contributed by atoms with Gasteiger partial charge in [0.25, 0.3) is 5.56 Å². The van der Waals surface area contributed by atoms with Crippen LogP contribution in [-0.4, -0.2) is 31.4 Å². The molecule has 0 bridgehead atoms. The van der Waals surface area contributed by atoms with E-state index in [1.54, 1.807) is 10.8 Å². The van der Waals surface area contributed by atoms with Crippen LogP contribution < -0.4 is 11.3 Å². The summed E-state index contributed by atoms with van der Waals surface area (Å²) in [6.45, 7) is -0.380. The second kappa shape index (κ2) is 4.66. The molecule has 1 aliphatic rings. The Morgan fingerprint density at radius 3 is 3.05 bits per heavy atom. The molecule has 1 atom stereocenters. The summed E-state index contributed by atoms with van der Waals surface area (Å²) >= 11 is 2.02. The van der Waals surface area contributed by atoms with Crippen molar-refractivity contribution in [1.82, 2.24) is 14.5 Å². The van der Waals surface area contributed by atoms with E-state index in [1.165, 1.54) is 0 Å². The first-order valence-electron chi connectivity index (χ1n) is 5.75. The summed E-state index contributed by atoms with van der Waals surface area (Å²) < 4.78 is 7.78. The Hall–Kier alpha value is -1.75. The number of aliphatic hydroxyl groups is 2. The SMILES string of the molecule is Nc1nc2c(c(I)cn2[C@H]2CC(O)=C(CO)O2)c(=O)[nH]1. The van der Waals surface area contributed by atoms with E-state index in [1.807, 2.05) is 22.6 Å². The molecule has 9 heteroatoms. The summed E-state index contributed by atoms with van der Waals surface area (Å²) in [6.07, 6.45) is 1.34. The van der Waals surface area contributed by atoms with Crippen molar-refractivity contribution < 1.29 is 14.9 Å². The highest BCUT2D eigenvalue weighted by molar-refractivity contribution is 14.1. The molecule has 5 N–H and O–H groups in total. The second-order valence-electron chi connectivity index (χ2n) is 4.34. The summed E-state index contributed by atoms with van der Waals surface area (Å²) in [5.74, 6) is 0.132. The maximum atomic E-state index is 11.9. The highest BCUT2D eigenvalue weighted by Gasteiger charge is 2.29. The average Bonchev–Trinajstić information content (AvgIpc) is 2.90. The Kier molecular flexibility index (Phi) is 3.09. The smallest absolute Gasteiger partial charge is 0.262 e. The number of nitrogens with two attached hydrogens (primary N) is 1. The van der Waals surface area contributed by atoms with Crippen LogP contribution in [0.4, 0.5) is 5.95 Å². The van der Waals surface area contributed by atoms with Crippen LogP contribution in [0, 0.1) is 3.57 Å². The monoisotopic (exact) mass is 390 g/mol. The molecule has 106 valence electrons. The number of aromatic nitrogens is 3. The maximum absolute atomic E-state index is 11.9. The van der Waals surface area contributed by atoms with Gasteiger partial charge >= 0.3 is 0 Å². The molecule has 20 heavy (non-hydrogen) atoms. The number of nitrogen functional groups attached to an aromatic ring is 1. The van der Waals surface area contributed by atoms with Crippen molar-refractivity contribution in [1.29, 1.82) is 0 Å². The molecule has 0 radical (unpaired) electrons. The number of H-pyrrole nitrogens is 1. The average molecular weight is 390 g/mol. The molecular weight excluding hydrogens is 379 g/mol. The molecule has 0 saturated heterocycles. The predicted octanol–water partition coefficient (Wildman–Crippen LogP) is 0.592. The van der Waals surface area contributed by atoms with Crippen molar-refractivity contribution in [2.24, 2.45) is 0 Å². The van der Waals surface area contributed by atoms with Gasteiger partial charge in [0.2, 0.25) is 5.95 Å². The molecule has 8 nitrogen and oxygen atoms in total. The number of aliphatic hydroxyl groups excluding tert-OH is 2. The van der Waals surface area contributed by atoms with Crippen LogP contribution in [0.25, 0.3) is 11.0 Å². The summed E-state index contributed by atoms with van der Waals surface area (Å²) in [5, 5.41) is 19.2. The first-order valence-corrected chi connectivity index (χ1v) is 6.83. The lowest BCUT2D eigenvalue weighted by atomic mass is 10.3. The third-order valence-electron chi connectivity index (χ3n) is 3.08. The minimum atomic E-state index is -0.558. The fourth-order valence-electron chi connectivity index (χ4n) is 2.18. The Bertz CT molecular complexity index is 779. The Morgan fingerprint density at radius 2 is 2.40 bits per heavy atom. The number of aromatic amines is 1. The normalized spacial score (nSPS) is 18.8. The molecule has 0 amide bonds. The van der Waals surface area contributed by atoms with Crippen molar-refractivity contribution in [3.05, 3.63) is 31.6 Å². The fourth-order valence-corrected chi connectivity index (χ4v) is 2.97. The number of anilines is 1. The first-order chi connectivity index (χ1) is 9.51. The Labute approximate surface area is 126 Å². The van der Waals surface area contributed by atoms with Crippen LogP contribution in [0.5, 0.6) is 0 Å². The van der Waals surface area contributed by atoms with Gasteiger partial charge in [0.1, 0.15) is 12.4 Å². The first kappa shape index (κ1) is 13.2. The molecule has 2 aromatic rings. The number of halogens is 1. The van der Waals surface area contributed by atoms with Gasteiger partial charge in [-0.2, -0.15) is 4.98 Å². The fraction of sp³-hybridized carbons (Fsp3) is 0.273. The van der Waals surface area contributed by atoms with Gasteiger partial charge in [-0.3, -0.25) is 14.3 Å². The van der Waals surface area contributed by atoms with Gasteiger partial charge in [-0.05, 0) is 22.6 Å². The number of rotatable bonds is 2. The molecule has 0 fully saturated rings. The van der Waals surface area contributed by atoms with Crippen LogP contribution in [-0.2, 0) is 4.74 Å². The van der Waals surface area contributed by atoms with Gasteiger partial charge in [0, 0.05) is 9.77 Å². The summed E-state index contributed by atoms with van der Waals surface area (Å²) in [6, 6.07) is 0. The van der Waals surface area contributed by atoms with Crippen molar-refractivity contribution in [2.45, 2.75) is 12.6 Å². The molecular formula is C11H11IN4O4. The Morgan fingerprint density at radius 1 is 1.65 bits per heavy atom. The lowest BCUT2D eigenvalue weighted by Crippen LogP contribution is -2.14. The molecule has 0 unspecified atom stereocenters. The van der Waals surface area contributed by atoms with Crippen molar-refractivity contribution in [3.63, 3.8) is 0 Å². The zero-order chi connectivity index (χ0) is 14.4. The van der Waals surface area contributed by atoms with Crippen molar-refractivity contribution in [3.8, 4) is 0 Å². The van der Waals surface area contributed by atoms with Gasteiger partial charge in [-0.1, -0.05) is 0 Å². The number of ether oxygens (including phenoxy) is 1. The van der Waals surface area contributed by atoms with Gasteiger partial charge in [0.05, 0.1) is 11.8 Å². The number of fused-ring (bicyclic) bond motifs is 1. The third kappa shape index (κ3) is 1.93. The minimum absolute atomic E-state index is 0.00725. The molecule has 1 aliphatic heterocycles. The molecule has 0 aliphatic carbocycles. The van der Waals surface area contributed by atoms with E-state index < -0.39 is 6.23 Å². The van der Waals surface area contributed by atoms with Gasteiger partial charge in [-0.15, -0.1) is 0 Å². The van der Waals surface area contributed by atoms with Crippen LogP contribution in [0.3, 0.4) is 0 Å². The van der Waals surface area contributed by atoms with Gasteiger partial charge in [0.15, 0.2) is 17.6 Å². The standard InChI is InChI=1S/C11H11IN4O4/c12-4-2-16(7-1-5(18)6(3-17)20-7)9-8(4)10(19)15-11(13)14-9/h2,7,17-18H,1,3H2,(H3,13,14,15,19)/t7-/m1/s1. The lowest BCUT2D eigenvalue weighted by molar-refractivity contribution is 0.0659. The van der Waals surface area contributed by atoms with Gasteiger partial charge in [-0.25, -0.2) is 0 Å². The topological polar surface area (TPSA) is 126 Å². The quantitative estimate of drug-likeness (QED) is 0.557. The van der Waals surface area contributed by atoms with E-state index in [-0.39, 0.29) is 36.1 Å². The third-order valence-corrected chi connectivity index (χ3v) is 3.89. The number of nitrogens with one attached hydrogen (secondary N) is 1. The highest BCUT2D eigenvalue weighted by atomic mass is 127. The molecule has 3 heterocycles. The number of hydrogen-bond acceptors (Lipinski definition) is 6. The van der Waals surface area contributed by atoms with E-state index in [4.69, 9.17) is 15.6 Å². The van der Waals surface area contributed by atoms with Crippen LogP contribution >= 0.6 is 22.6 Å². The predicted molar refractivity (Wildman–Crippen MR) is 79.0 cm³/mol. The van der Waals surface area contributed by atoms with Crippen molar-refractivity contribution in [2.75, 3.05) is 12.3 Å². The molecule has 2 aromatic heterocycles. The van der Waals surface area contributed by atoms with E-state index in [0.29, 0.717) is 14.6 Å². The molecule has 3 rings (SSSR count). The largest absolute Gasteiger partial charge is 0.508 e. The van der Waals surface area contributed by atoms with Crippen LogP contribution in [0.2, 0.25) is 0 Å². The maximum Gasteiger partial charge on any atom is 0.262 e. The molecule has 0 aromatic carbocycles. The summed E-state index contributed by atoms with van der Waals surface area (Å²) in [7, 11) is 0. The number of hydrogen-bond donors (Lipinski definition) is 4. The second-order valence-corrected chi connectivity index (χ2v) is 5.50. The summed E-state index contributed by atoms with van der Waals surface area (Å²) in [5.41, 5.74) is 5.62. The number of nitrogens with zero attached hydrogens (tertiary/aromatic N) is 2. The Balaban J connectivity index is 2.13. The highest BCUT2D eigenvalue weighted by Crippen LogP contribution is 2.33. The zero-order valence-electron chi connectivity index (χ0n) is 10.1. The van der Waals surface area contributed by atoms with Crippen molar-refractivity contribution >= 4 is 39.6 Å². The minimum Gasteiger partial charge on any atom is -0.508 e. The summed E-state index contributed by atoms with van der Waals surface area (Å²) in [4.78, 5) is 18.5.